The van der Waals surface area contributed by atoms with Crippen molar-refractivity contribution in [2.75, 3.05) is 24.6 Å². The normalized spacial score (nSPS) is 16.4. The summed E-state index contributed by atoms with van der Waals surface area (Å²) in [5, 5.41) is 8.95. The molecule has 0 saturated carbocycles. The summed E-state index contributed by atoms with van der Waals surface area (Å²) in [6.45, 7) is 2.27. The molecule has 0 bridgehead atoms. The summed E-state index contributed by atoms with van der Waals surface area (Å²) < 4.78 is 13.6. The molecule has 142 valence electrons. The number of aryl methyl sites for hydroxylation is 1. The Morgan fingerprint density at radius 3 is 2.37 bits per heavy atom. The van der Waals surface area contributed by atoms with Crippen LogP contribution in [0.5, 0.6) is 0 Å². The van der Waals surface area contributed by atoms with Crippen LogP contribution in [0.15, 0.2) is 48.5 Å². The van der Waals surface area contributed by atoms with Crippen molar-refractivity contribution >= 4 is 17.5 Å². The highest BCUT2D eigenvalue weighted by Gasteiger charge is 2.30. The summed E-state index contributed by atoms with van der Waals surface area (Å²) in [5.74, 6) is -0.348. The van der Waals surface area contributed by atoms with Gasteiger partial charge in [-0.15, -0.1) is 0 Å². The van der Waals surface area contributed by atoms with Gasteiger partial charge in [0.1, 0.15) is 12.8 Å². The molecule has 0 aliphatic carbocycles. The van der Waals surface area contributed by atoms with Crippen LogP contribution in [0.4, 0.5) is 14.9 Å². The van der Waals surface area contributed by atoms with Crippen molar-refractivity contribution in [3.8, 4) is 0 Å². The Bertz CT molecular complexity index is 805. The summed E-state index contributed by atoms with van der Waals surface area (Å²) in [6.07, 6.45) is -0.608. The van der Waals surface area contributed by atoms with Crippen LogP contribution in [0, 0.1) is 6.92 Å². The van der Waals surface area contributed by atoms with Crippen molar-refractivity contribution in [3.63, 3.8) is 0 Å². The lowest BCUT2D eigenvalue weighted by Gasteiger charge is -2.28. The molecule has 0 radical (unpaired) electrons. The smallest absolute Gasteiger partial charge is 0.324 e. The van der Waals surface area contributed by atoms with Crippen molar-refractivity contribution in [3.05, 3.63) is 65.2 Å². The zero-order valence-electron chi connectivity index (χ0n) is 15.3. The van der Waals surface area contributed by atoms with Gasteiger partial charge in [-0.05, 0) is 31.0 Å². The highest BCUT2D eigenvalue weighted by molar-refractivity contribution is 5.97. The highest BCUT2D eigenvalue weighted by Crippen LogP contribution is 2.23. The number of carbonyl (C=O) groups is 2. The number of urea groups is 1. The monoisotopic (exact) mass is 370 g/mol. The molecule has 1 aliphatic rings. The number of anilines is 1. The number of likely N-dealkylation sites (tertiary alicyclic amines) is 1. The molecule has 2 aromatic carbocycles. The molecular weight excluding hydrogens is 347 g/mol. The Labute approximate surface area is 158 Å². The van der Waals surface area contributed by atoms with Gasteiger partial charge in [-0.3, -0.25) is 9.69 Å². The second-order valence-corrected chi connectivity index (χ2v) is 6.81. The third-order valence-electron chi connectivity index (χ3n) is 4.74. The summed E-state index contributed by atoms with van der Waals surface area (Å²) in [4.78, 5) is 27.7. The minimum Gasteiger partial charge on any atom is -0.388 e. The number of hydrogen-bond donors (Lipinski definition) is 1. The molecule has 27 heavy (non-hydrogen) atoms. The maximum Gasteiger partial charge on any atom is 0.324 e. The first-order valence-electron chi connectivity index (χ1n) is 8.98. The largest absolute Gasteiger partial charge is 0.388 e. The standard InChI is InChI=1S/C21H23FN2O3/c1-15-2-8-19(9-3-15)24(21(27)23-11-10-18(22)13-23)12-16-4-6-17(7-5-16)20(26)14-25/h2-9,18,25H,10-14H2,1H3/t18-/m1/s1. The van der Waals surface area contributed by atoms with Crippen molar-refractivity contribution in [2.45, 2.75) is 26.1 Å². The van der Waals surface area contributed by atoms with Crippen LogP contribution in [-0.2, 0) is 6.54 Å². The van der Waals surface area contributed by atoms with E-state index in [9.17, 15) is 14.0 Å². The van der Waals surface area contributed by atoms with Gasteiger partial charge in [0.2, 0.25) is 0 Å². The zero-order valence-corrected chi connectivity index (χ0v) is 15.3. The number of aliphatic hydroxyl groups excluding tert-OH is 1. The molecule has 3 rings (SSSR count). The van der Waals surface area contributed by atoms with Gasteiger partial charge in [0.25, 0.3) is 0 Å². The van der Waals surface area contributed by atoms with Crippen LogP contribution >= 0.6 is 0 Å². The molecular formula is C21H23FN2O3. The predicted octanol–water partition coefficient (Wildman–Crippen LogP) is 3.34. The van der Waals surface area contributed by atoms with Gasteiger partial charge in [-0.25, -0.2) is 9.18 Å². The molecule has 0 unspecified atom stereocenters. The molecule has 0 aromatic heterocycles. The lowest BCUT2D eigenvalue weighted by Crippen LogP contribution is -2.42. The molecule has 1 fully saturated rings. The van der Waals surface area contributed by atoms with E-state index < -0.39 is 12.8 Å². The van der Waals surface area contributed by atoms with Gasteiger partial charge in [0.15, 0.2) is 5.78 Å². The van der Waals surface area contributed by atoms with Gasteiger partial charge < -0.3 is 10.0 Å². The number of ketones is 1. The summed E-state index contributed by atoms with van der Waals surface area (Å²) in [6, 6.07) is 14.2. The molecule has 2 aromatic rings. The Morgan fingerprint density at radius 2 is 1.81 bits per heavy atom. The summed E-state index contributed by atoms with van der Waals surface area (Å²) in [7, 11) is 0. The van der Waals surface area contributed by atoms with E-state index >= 15 is 0 Å². The van der Waals surface area contributed by atoms with Crippen LogP contribution in [0.2, 0.25) is 0 Å². The maximum absolute atomic E-state index is 13.6. The maximum atomic E-state index is 13.6. The minimum absolute atomic E-state index is 0.116. The fourth-order valence-corrected chi connectivity index (χ4v) is 3.13. The number of amides is 2. The molecule has 2 amide bonds. The minimum atomic E-state index is -0.974. The fraction of sp³-hybridized carbons (Fsp3) is 0.333. The van der Waals surface area contributed by atoms with E-state index in [-0.39, 0.29) is 18.4 Å². The Hall–Kier alpha value is -2.73. The number of rotatable bonds is 5. The highest BCUT2D eigenvalue weighted by atomic mass is 19.1. The lowest BCUT2D eigenvalue weighted by atomic mass is 10.1. The van der Waals surface area contributed by atoms with E-state index in [1.54, 1.807) is 29.2 Å². The van der Waals surface area contributed by atoms with Crippen molar-refractivity contribution in [2.24, 2.45) is 0 Å². The molecule has 5 nitrogen and oxygen atoms in total. The number of benzene rings is 2. The molecule has 1 saturated heterocycles. The first-order valence-corrected chi connectivity index (χ1v) is 8.98. The van der Waals surface area contributed by atoms with Gasteiger partial charge in [-0.1, -0.05) is 42.0 Å². The SMILES string of the molecule is Cc1ccc(N(Cc2ccc(C(=O)CO)cc2)C(=O)N2CC[C@@H](F)C2)cc1. The van der Waals surface area contributed by atoms with Crippen LogP contribution in [-0.4, -0.2) is 47.7 Å². The zero-order chi connectivity index (χ0) is 19.4. The third-order valence-corrected chi connectivity index (χ3v) is 4.74. The Balaban J connectivity index is 1.84. The first kappa shape index (κ1) is 19.0. The summed E-state index contributed by atoms with van der Waals surface area (Å²) in [5.41, 5.74) is 3.09. The molecule has 0 spiro atoms. The summed E-state index contributed by atoms with van der Waals surface area (Å²) >= 11 is 0. The average molecular weight is 370 g/mol. The van der Waals surface area contributed by atoms with E-state index in [1.807, 2.05) is 31.2 Å². The topological polar surface area (TPSA) is 60.9 Å². The number of nitrogens with zero attached hydrogens (tertiary/aromatic N) is 2. The molecule has 6 heteroatoms. The molecule has 1 atom stereocenters. The second-order valence-electron chi connectivity index (χ2n) is 6.81. The van der Waals surface area contributed by atoms with E-state index in [2.05, 4.69) is 0 Å². The van der Waals surface area contributed by atoms with E-state index in [4.69, 9.17) is 5.11 Å². The third kappa shape index (κ3) is 4.52. The second kappa shape index (κ2) is 8.31. The van der Waals surface area contributed by atoms with Crippen LogP contribution in [0.25, 0.3) is 0 Å². The molecule has 1 N–H and O–H groups in total. The number of aliphatic hydroxyl groups is 1. The van der Waals surface area contributed by atoms with Gasteiger partial charge >= 0.3 is 6.03 Å². The lowest BCUT2D eigenvalue weighted by molar-refractivity contribution is 0.0903. The van der Waals surface area contributed by atoms with Crippen LogP contribution in [0.3, 0.4) is 0 Å². The number of carbonyl (C=O) groups excluding carboxylic acids is 2. The van der Waals surface area contributed by atoms with E-state index in [1.165, 1.54) is 4.90 Å². The Morgan fingerprint density at radius 1 is 1.15 bits per heavy atom. The first-order chi connectivity index (χ1) is 13.0. The van der Waals surface area contributed by atoms with Gasteiger partial charge in [0, 0.05) is 17.8 Å². The van der Waals surface area contributed by atoms with Gasteiger partial charge in [0.05, 0.1) is 13.1 Å². The number of alkyl halides is 1. The predicted molar refractivity (Wildman–Crippen MR) is 102 cm³/mol. The van der Waals surface area contributed by atoms with Crippen molar-refractivity contribution in [1.82, 2.24) is 4.90 Å². The number of Topliss-reactive ketones (excluding diaryl/α,β-unsaturated/α-hetero) is 1. The number of hydrogen-bond acceptors (Lipinski definition) is 3. The quantitative estimate of drug-likeness (QED) is 0.821. The van der Waals surface area contributed by atoms with Crippen molar-refractivity contribution < 1.29 is 19.1 Å². The Kier molecular flexibility index (Phi) is 5.86. The van der Waals surface area contributed by atoms with Gasteiger partial charge in [-0.2, -0.15) is 0 Å². The van der Waals surface area contributed by atoms with Crippen LogP contribution < -0.4 is 4.90 Å². The van der Waals surface area contributed by atoms with E-state index in [0.29, 0.717) is 25.1 Å². The average Bonchev–Trinajstić information content (AvgIpc) is 3.12. The number of halogens is 1. The fourth-order valence-electron chi connectivity index (χ4n) is 3.13. The van der Waals surface area contributed by atoms with E-state index in [0.717, 1.165) is 16.8 Å². The van der Waals surface area contributed by atoms with Crippen molar-refractivity contribution in [1.29, 1.82) is 0 Å². The van der Waals surface area contributed by atoms with Crippen LogP contribution in [0.1, 0.15) is 27.9 Å². The molecule has 1 aliphatic heterocycles. The molecule has 1 heterocycles.